The van der Waals surface area contributed by atoms with Crippen molar-refractivity contribution in [3.63, 3.8) is 0 Å². The summed E-state index contributed by atoms with van der Waals surface area (Å²) >= 11 is 3.66. The molecule has 0 unspecified atom stereocenters. The molecule has 0 saturated heterocycles. The van der Waals surface area contributed by atoms with Crippen LogP contribution in [-0.4, -0.2) is 20.2 Å². The molecule has 3 aromatic rings. The fourth-order valence-electron chi connectivity index (χ4n) is 1.74. The first kappa shape index (κ1) is 13.5. The van der Waals surface area contributed by atoms with E-state index in [2.05, 4.69) is 37.7 Å². The molecule has 0 radical (unpaired) electrons. The van der Waals surface area contributed by atoms with Gasteiger partial charge >= 0.3 is 0 Å². The number of aromatic nitrogens is 3. The van der Waals surface area contributed by atoms with Crippen molar-refractivity contribution in [3.05, 3.63) is 43.7 Å². The maximum Gasteiger partial charge on any atom is 0.258 e. The van der Waals surface area contributed by atoms with Crippen molar-refractivity contribution in [3.8, 4) is 17.2 Å². The van der Waals surface area contributed by atoms with Gasteiger partial charge < -0.3 is 9.63 Å². The summed E-state index contributed by atoms with van der Waals surface area (Å²) in [7, 11) is 0. The molecule has 20 heavy (non-hydrogen) atoms. The van der Waals surface area contributed by atoms with Crippen molar-refractivity contribution in [1.82, 2.24) is 15.1 Å². The van der Waals surface area contributed by atoms with Crippen LogP contribution in [0.5, 0.6) is 5.75 Å². The normalized spacial score (nSPS) is 10.9. The Hall–Kier alpha value is -1.48. The Morgan fingerprint density at radius 2 is 2.20 bits per heavy atom. The van der Waals surface area contributed by atoms with Crippen molar-refractivity contribution in [2.75, 3.05) is 0 Å². The van der Waals surface area contributed by atoms with E-state index in [4.69, 9.17) is 4.52 Å². The van der Waals surface area contributed by atoms with Crippen LogP contribution in [0.4, 0.5) is 0 Å². The highest BCUT2D eigenvalue weighted by Gasteiger charge is 2.12. The summed E-state index contributed by atoms with van der Waals surface area (Å²) in [5.74, 6) is 1.19. The molecule has 1 aromatic carbocycles. The van der Waals surface area contributed by atoms with E-state index in [1.807, 2.05) is 18.4 Å². The summed E-state index contributed by atoms with van der Waals surface area (Å²) < 4.78 is 6.01. The van der Waals surface area contributed by atoms with E-state index >= 15 is 0 Å². The average molecular weight is 399 g/mol. The van der Waals surface area contributed by atoms with Crippen LogP contribution >= 0.6 is 33.9 Å². The van der Waals surface area contributed by atoms with Gasteiger partial charge in [-0.25, -0.2) is 4.98 Å². The second-order valence-electron chi connectivity index (χ2n) is 4.22. The van der Waals surface area contributed by atoms with E-state index < -0.39 is 0 Å². The van der Waals surface area contributed by atoms with Crippen LogP contribution in [0.1, 0.15) is 16.5 Å². The van der Waals surface area contributed by atoms with E-state index in [1.54, 1.807) is 23.5 Å². The van der Waals surface area contributed by atoms with Gasteiger partial charge in [0.25, 0.3) is 5.89 Å². The van der Waals surface area contributed by atoms with Gasteiger partial charge in [-0.3, -0.25) is 0 Å². The predicted molar refractivity (Wildman–Crippen MR) is 83.8 cm³/mol. The van der Waals surface area contributed by atoms with Crippen LogP contribution in [0, 0.1) is 10.5 Å². The molecule has 2 heterocycles. The van der Waals surface area contributed by atoms with Crippen LogP contribution in [0.2, 0.25) is 0 Å². The zero-order valence-electron chi connectivity index (χ0n) is 10.5. The Labute approximate surface area is 132 Å². The van der Waals surface area contributed by atoms with Crippen molar-refractivity contribution >= 4 is 33.9 Å². The van der Waals surface area contributed by atoms with Gasteiger partial charge in [0.1, 0.15) is 5.75 Å². The SMILES string of the molecule is Cc1nc(Cc2noc(-c3ccc(I)c(O)c3)n2)cs1. The zero-order chi connectivity index (χ0) is 14.1. The minimum absolute atomic E-state index is 0.206. The summed E-state index contributed by atoms with van der Waals surface area (Å²) in [5, 5.41) is 16.7. The van der Waals surface area contributed by atoms with Gasteiger partial charge in [-0.1, -0.05) is 5.16 Å². The molecule has 2 aromatic heterocycles. The molecule has 0 aliphatic rings. The first-order valence-corrected chi connectivity index (χ1v) is 7.80. The van der Waals surface area contributed by atoms with Gasteiger partial charge in [0.15, 0.2) is 5.82 Å². The van der Waals surface area contributed by atoms with Crippen molar-refractivity contribution in [2.45, 2.75) is 13.3 Å². The fourth-order valence-corrected chi connectivity index (χ4v) is 2.69. The predicted octanol–water partition coefficient (Wildman–Crippen LogP) is 3.40. The minimum Gasteiger partial charge on any atom is -0.507 e. The molecule has 0 spiro atoms. The summed E-state index contributed by atoms with van der Waals surface area (Å²) in [5.41, 5.74) is 1.64. The minimum atomic E-state index is 0.206. The second kappa shape index (κ2) is 5.49. The second-order valence-corrected chi connectivity index (χ2v) is 6.44. The molecular weight excluding hydrogens is 389 g/mol. The topological polar surface area (TPSA) is 72.0 Å². The lowest BCUT2D eigenvalue weighted by Gasteiger charge is -1.98. The quantitative estimate of drug-likeness (QED) is 0.684. The maximum absolute atomic E-state index is 9.70. The number of aryl methyl sites for hydroxylation is 1. The van der Waals surface area contributed by atoms with Crippen molar-refractivity contribution in [2.24, 2.45) is 0 Å². The Balaban J connectivity index is 1.84. The third kappa shape index (κ3) is 2.83. The number of thiazole rings is 1. The van der Waals surface area contributed by atoms with E-state index in [9.17, 15) is 5.11 Å². The number of phenols is 1. The highest BCUT2D eigenvalue weighted by molar-refractivity contribution is 14.1. The van der Waals surface area contributed by atoms with Gasteiger partial charge in [0, 0.05) is 10.9 Å². The zero-order valence-corrected chi connectivity index (χ0v) is 13.5. The van der Waals surface area contributed by atoms with Crippen LogP contribution < -0.4 is 0 Å². The molecule has 7 heteroatoms. The highest BCUT2D eigenvalue weighted by atomic mass is 127. The standard InChI is InChI=1S/C13H10IN3O2S/c1-7-15-9(6-20-7)5-12-16-13(19-17-12)8-2-3-10(14)11(18)4-8/h2-4,6,18H,5H2,1H3. The molecule has 1 N–H and O–H groups in total. The van der Waals surface area contributed by atoms with Gasteiger partial charge in [-0.05, 0) is 47.7 Å². The van der Waals surface area contributed by atoms with E-state index in [0.29, 0.717) is 23.7 Å². The van der Waals surface area contributed by atoms with Crippen LogP contribution in [0.15, 0.2) is 28.1 Å². The molecule has 0 fully saturated rings. The molecule has 0 bridgehead atoms. The number of hydrogen-bond acceptors (Lipinski definition) is 6. The highest BCUT2D eigenvalue weighted by Crippen LogP contribution is 2.26. The van der Waals surface area contributed by atoms with Gasteiger partial charge in [0.2, 0.25) is 0 Å². The molecule has 0 atom stereocenters. The summed E-state index contributed by atoms with van der Waals surface area (Å²) in [6, 6.07) is 5.26. The number of nitrogens with zero attached hydrogens (tertiary/aromatic N) is 3. The number of aromatic hydroxyl groups is 1. The van der Waals surface area contributed by atoms with Crippen molar-refractivity contribution < 1.29 is 9.63 Å². The molecule has 0 saturated carbocycles. The van der Waals surface area contributed by atoms with Gasteiger partial charge in [-0.2, -0.15) is 4.98 Å². The van der Waals surface area contributed by atoms with Crippen LogP contribution in [-0.2, 0) is 6.42 Å². The lowest BCUT2D eigenvalue weighted by molar-refractivity contribution is 0.423. The third-order valence-electron chi connectivity index (χ3n) is 2.67. The lowest BCUT2D eigenvalue weighted by Crippen LogP contribution is -1.91. The number of halogens is 1. The molecule has 0 aliphatic carbocycles. The van der Waals surface area contributed by atoms with Crippen LogP contribution in [0.3, 0.4) is 0 Å². The maximum atomic E-state index is 9.70. The van der Waals surface area contributed by atoms with E-state index in [1.165, 1.54) is 0 Å². The number of rotatable bonds is 3. The first-order valence-electron chi connectivity index (χ1n) is 5.84. The first-order chi connectivity index (χ1) is 9.61. The van der Waals surface area contributed by atoms with E-state index in [-0.39, 0.29) is 5.75 Å². The van der Waals surface area contributed by atoms with Gasteiger partial charge in [-0.15, -0.1) is 11.3 Å². The Bertz CT molecular complexity index is 754. The van der Waals surface area contributed by atoms with Crippen molar-refractivity contribution in [1.29, 1.82) is 0 Å². The lowest BCUT2D eigenvalue weighted by atomic mass is 10.2. The Kier molecular flexibility index (Phi) is 3.70. The molecule has 102 valence electrons. The smallest absolute Gasteiger partial charge is 0.258 e. The number of phenolic OH excluding ortho intramolecular Hbond substituents is 1. The summed E-state index contributed by atoms with van der Waals surface area (Å²) in [4.78, 5) is 8.70. The van der Waals surface area contributed by atoms with Crippen LogP contribution in [0.25, 0.3) is 11.5 Å². The van der Waals surface area contributed by atoms with E-state index in [0.717, 1.165) is 14.3 Å². The fraction of sp³-hybridized carbons (Fsp3) is 0.154. The summed E-state index contributed by atoms with van der Waals surface area (Å²) in [6.45, 7) is 1.96. The average Bonchev–Trinajstić information content (AvgIpc) is 3.03. The monoisotopic (exact) mass is 399 g/mol. The summed E-state index contributed by atoms with van der Waals surface area (Å²) in [6.07, 6.45) is 0.546. The van der Waals surface area contributed by atoms with Gasteiger partial charge in [0.05, 0.1) is 20.7 Å². The number of hydrogen-bond donors (Lipinski definition) is 1. The molecule has 0 amide bonds. The largest absolute Gasteiger partial charge is 0.507 e. The molecule has 0 aliphatic heterocycles. The Morgan fingerprint density at radius 3 is 2.90 bits per heavy atom. The molecule has 5 nitrogen and oxygen atoms in total. The number of benzene rings is 1. The molecule has 3 rings (SSSR count). The third-order valence-corrected chi connectivity index (χ3v) is 4.40. The Morgan fingerprint density at radius 1 is 1.35 bits per heavy atom. The molecular formula is C13H10IN3O2S.